The van der Waals surface area contributed by atoms with E-state index in [0.717, 1.165) is 33.0 Å². The highest BCUT2D eigenvalue weighted by Crippen LogP contribution is 2.35. The molecular weight excluding hydrogens is 307 g/mol. The van der Waals surface area contributed by atoms with Gasteiger partial charge in [-0.3, -0.25) is 0 Å². The predicted molar refractivity (Wildman–Crippen MR) is 105 cm³/mol. The van der Waals surface area contributed by atoms with Crippen LogP contribution >= 0.6 is 0 Å². The summed E-state index contributed by atoms with van der Waals surface area (Å²) in [4.78, 5) is 0. The average molecular weight is 324 g/mol. The van der Waals surface area contributed by atoms with E-state index in [1.165, 1.54) is 0 Å². The van der Waals surface area contributed by atoms with Crippen LogP contribution in [-0.2, 0) is 0 Å². The second kappa shape index (κ2) is 6.56. The number of hydrogen-bond donors (Lipinski definition) is 2. The Morgan fingerprint density at radius 3 is 1.96 bits per heavy atom. The van der Waals surface area contributed by atoms with Crippen LogP contribution in [-0.4, -0.2) is 17.2 Å². The van der Waals surface area contributed by atoms with Crippen molar-refractivity contribution in [3.05, 3.63) is 91.0 Å². The molecule has 0 bridgehead atoms. The second-order valence-electron chi connectivity index (χ2n) is 6.07. The van der Waals surface area contributed by atoms with Crippen LogP contribution in [0.4, 0.5) is 0 Å². The third kappa shape index (κ3) is 2.96. The van der Waals surface area contributed by atoms with E-state index in [-0.39, 0.29) is 0 Å². The van der Waals surface area contributed by atoms with Crippen LogP contribution in [0.1, 0.15) is 0 Å². The van der Waals surface area contributed by atoms with Crippen LogP contribution in [0.15, 0.2) is 91.0 Å². The molecule has 3 heteroatoms. The summed E-state index contributed by atoms with van der Waals surface area (Å²) in [6, 6.07) is 30.2. The first kappa shape index (κ1) is 15.6. The summed E-state index contributed by atoms with van der Waals surface area (Å²) in [6.07, 6.45) is 0. The molecule has 0 spiro atoms. The monoisotopic (exact) mass is 324 g/mol. The zero-order chi connectivity index (χ0) is 17.2. The van der Waals surface area contributed by atoms with E-state index in [1.807, 2.05) is 60.7 Å². The van der Waals surface area contributed by atoms with Gasteiger partial charge in [0.15, 0.2) is 0 Å². The van der Waals surface area contributed by atoms with Gasteiger partial charge in [-0.1, -0.05) is 91.0 Å². The lowest BCUT2D eigenvalue weighted by atomic mass is 9.77. The Balaban J connectivity index is 2.03. The molecule has 4 rings (SSSR count). The fourth-order valence-corrected chi connectivity index (χ4v) is 3.29. The molecule has 0 saturated carbocycles. The average Bonchev–Trinajstić information content (AvgIpc) is 2.68. The smallest absolute Gasteiger partial charge is 0.423 e. The molecule has 0 aliphatic rings. The summed E-state index contributed by atoms with van der Waals surface area (Å²) >= 11 is 0. The van der Waals surface area contributed by atoms with Crippen molar-refractivity contribution in [1.29, 1.82) is 0 Å². The Morgan fingerprint density at radius 2 is 1.20 bits per heavy atom. The highest BCUT2D eigenvalue weighted by molar-refractivity contribution is 6.59. The van der Waals surface area contributed by atoms with Crippen LogP contribution in [0.5, 0.6) is 0 Å². The zero-order valence-corrected chi connectivity index (χ0v) is 13.6. The highest BCUT2D eigenvalue weighted by Gasteiger charge is 2.16. The number of rotatable bonds is 3. The third-order valence-corrected chi connectivity index (χ3v) is 4.48. The first-order chi connectivity index (χ1) is 12.2. The number of fused-ring (bicyclic) bond motifs is 1. The van der Waals surface area contributed by atoms with Crippen molar-refractivity contribution in [3.8, 4) is 22.3 Å². The van der Waals surface area contributed by atoms with Gasteiger partial charge >= 0.3 is 7.12 Å². The summed E-state index contributed by atoms with van der Waals surface area (Å²) < 4.78 is 0. The molecule has 2 N–H and O–H groups in total. The molecule has 2 nitrogen and oxygen atoms in total. The molecule has 4 aromatic carbocycles. The number of benzene rings is 4. The maximum atomic E-state index is 9.70. The Labute approximate surface area is 147 Å². The summed E-state index contributed by atoms with van der Waals surface area (Å²) in [5, 5.41) is 21.5. The fourth-order valence-electron chi connectivity index (χ4n) is 3.29. The van der Waals surface area contributed by atoms with Gasteiger partial charge < -0.3 is 10.0 Å². The van der Waals surface area contributed by atoms with Crippen molar-refractivity contribution in [2.75, 3.05) is 0 Å². The second-order valence-corrected chi connectivity index (χ2v) is 6.07. The summed E-state index contributed by atoms with van der Waals surface area (Å²) in [5.74, 6) is 0. The van der Waals surface area contributed by atoms with Crippen molar-refractivity contribution >= 4 is 23.4 Å². The van der Waals surface area contributed by atoms with Gasteiger partial charge in [0.25, 0.3) is 0 Å². The van der Waals surface area contributed by atoms with Crippen molar-refractivity contribution in [1.82, 2.24) is 0 Å². The van der Waals surface area contributed by atoms with Crippen LogP contribution < -0.4 is 5.46 Å². The van der Waals surface area contributed by atoms with Crippen LogP contribution in [0, 0.1) is 0 Å². The maximum Gasteiger partial charge on any atom is 0.488 e. The van der Waals surface area contributed by atoms with Gasteiger partial charge in [-0.05, 0) is 38.5 Å². The summed E-state index contributed by atoms with van der Waals surface area (Å²) in [6.45, 7) is 0. The van der Waals surface area contributed by atoms with Crippen molar-refractivity contribution < 1.29 is 10.0 Å². The zero-order valence-electron chi connectivity index (χ0n) is 13.6. The lowest BCUT2D eigenvalue weighted by Crippen LogP contribution is -2.29. The molecule has 0 radical (unpaired) electrons. The molecule has 0 heterocycles. The molecule has 0 unspecified atom stereocenters. The fraction of sp³-hybridized carbons (Fsp3) is 0. The molecule has 4 aromatic rings. The summed E-state index contributed by atoms with van der Waals surface area (Å²) in [7, 11) is -1.49. The van der Waals surface area contributed by atoms with Gasteiger partial charge in [0.1, 0.15) is 0 Å². The van der Waals surface area contributed by atoms with E-state index in [4.69, 9.17) is 0 Å². The maximum absolute atomic E-state index is 9.70. The molecule has 0 saturated heterocycles. The Hall–Kier alpha value is -2.88. The van der Waals surface area contributed by atoms with Crippen LogP contribution in [0.2, 0.25) is 0 Å². The largest absolute Gasteiger partial charge is 0.488 e. The minimum absolute atomic E-state index is 0.497. The molecule has 0 amide bonds. The van der Waals surface area contributed by atoms with Crippen molar-refractivity contribution in [2.24, 2.45) is 0 Å². The molecular formula is C22H17BO2. The van der Waals surface area contributed by atoms with E-state index >= 15 is 0 Å². The third-order valence-electron chi connectivity index (χ3n) is 4.48. The van der Waals surface area contributed by atoms with Gasteiger partial charge in [0, 0.05) is 0 Å². The molecule has 0 aromatic heterocycles. The van der Waals surface area contributed by atoms with Crippen LogP contribution in [0.25, 0.3) is 33.0 Å². The highest BCUT2D eigenvalue weighted by atomic mass is 16.4. The van der Waals surface area contributed by atoms with E-state index in [2.05, 4.69) is 30.3 Å². The standard InChI is InChI=1S/C22H17BO2/c24-23(25)18-14-17-10-4-5-12-20(17)22(15-18)21-13-7-6-11-19(21)16-8-2-1-3-9-16/h1-15,24-25H. The molecule has 120 valence electrons. The Morgan fingerprint density at radius 1 is 0.560 bits per heavy atom. The van der Waals surface area contributed by atoms with Gasteiger partial charge in [0.05, 0.1) is 0 Å². The minimum Gasteiger partial charge on any atom is -0.423 e. The molecule has 0 fully saturated rings. The van der Waals surface area contributed by atoms with E-state index in [9.17, 15) is 10.0 Å². The van der Waals surface area contributed by atoms with E-state index in [0.29, 0.717) is 5.46 Å². The Bertz CT molecular complexity index is 1030. The first-order valence-electron chi connectivity index (χ1n) is 8.28. The van der Waals surface area contributed by atoms with E-state index in [1.54, 1.807) is 0 Å². The van der Waals surface area contributed by atoms with Crippen molar-refractivity contribution in [2.45, 2.75) is 0 Å². The Kier molecular flexibility index (Phi) is 4.10. The van der Waals surface area contributed by atoms with Crippen LogP contribution in [0.3, 0.4) is 0 Å². The topological polar surface area (TPSA) is 40.5 Å². The quantitative estimate of drug-likeness (QED) is 0.562. The lowest BCUT2D eigenvalue weighted by Gasteiger charge is -2.14. The molecule has 25 heavy (non-hydrogen) atoms. The van der Waals surface area contributed by atoms with Crippen molar-refractivity contribution in [3.63, 3.8) is 0 Å². The predicted octanol–water partition coefficient (Wildman–Crippen LogP) is 3.85. The van der Waals surface area contributed by atoms with Gasteiger partial charge in [-0.15, -0.1) is 0 Å². The number of hydrogen-bond acceptors (Lipinski definition) is 2. The first-order valence-corrected chi connectivity index (χ1v) is 8.28. The molecule has 0 atom stereocenters. The minimum atomic E-state index is -1.49. The molecule has 0 aliphatic carbocycles. The van der Waals surface area contributed by atoms with Gasteiger partial charge in [0.2, 0.25) is 0 Å². The SMILES string of the molecule is OB(O)c1cc(-c2ccccc2-c2ccccc2)c2ccccc2c1. The van der Waals surface area contributed by atoms with Gasteiger partial charge in [-0.2, -0.15) is 0 Å². The van der Waals surface area contributed by atoms with E-state index < -0.39 is 7.12 Å². The van der Waals surface area contributed by atoms with Gasteiger partial charge in [-0.25, -0.2) is 0 Å². The lowest BCUT2D eigenvalue weighted by molar-refractivity contribution is 0.426. The molecule has 0 aliphatic heterocycles. The summed E-state index contributed by atoms with van der Waals surface area (Å²) in [5.41, 5.74) is 4.83. The normalized spacial score (nSPS) is 10.8.